The molecule has 0 unspecified atom stereocenters. The van der Waals surface area contributed by atoms with Gasteiger partial charge in [-0.1, -0.05) is 13.8 Å². The number of H-pyrrole nitrogens is 1. The molecule has 12 heavy (non-hydrogen) atoms. The number of nitrogens with zero attached hydrogens (tertiary/aromatic N) is 1. The number of aromatic nitrogens is 2. The number of rotatable bonds is 4. The van der Waals surface area contributed by atoms with Gasteiger partial charge in [-0.2, -0.15) is 0 Å². The number of nitrogens with one attached hydrogen (secondary N) is 2. The molecule has 1 aromatic heterocycles. The van der Waals surface area contributed by atoms with E-state index in [1.807, 2.05) is 13.2 Å². The Balaban J connectivity index is 2.52. The molecule has 0 saturated carbocycles. The lowest BCUT2D eigenvalue weighted by Crippen LogP contribution is -2.05. The van der Waals surface area contributed by atoms with Crippen molar-refractivity contribution in [1.29, 1.82) is 0 Å². The van der Waals surface area contributed by atoms with Crippen molar-refractivity contribution < 1.29 is 0 Å². The molecule has 0 radical (unpaired) electrons. The second-order valence-corrected chi connectivity index (χ2v) is 3.48. The smallest absolute Gasteiger partial charge is 0.106 e. The van der Waals surface area contributed by atoms with E-state index in [2.05, 4.69) is 29.1 Å². The van der Waals surface area contributed by atoms with Crippen LogP contribution in [0.1, 0.15) is 25.4 Å². The summed E-state index contributed by atoms with van der Waals surface area (Å²) in [7, 11) is 1.93. The van der Waals surface area contributed by atoms with Crippen LogP contribution in [-0.4, -0.2) is 17.0 Å². The Morgan fingerprint density at radius 2 is 2.33 bits per heavy atom. The van der Waals surface area contributed by atoms with Gasteiger partial charge in [0, 0.05) is 24.9 Å². The highest BCUT2D eigenvalue weighted by Crippen LogP contribution is 2.03. The van der Waals surface area contributed by atoms with Crippen LogP contribution in [-0.2, 0) is 13.0 Å². The zero-order valence-electron chi connectivity index (χ0n) is 8.02. The first-order chi connectivity index (χ1) is 5.72. The van der Waals surface area contributed by atoms with Crippen LogP contribution in [0.15, 0.2) is 6.20 Å². The monoisotopic (exact) mass is 167 g/mol. The molecule has 68 valence electrons. The standard InChI is InChI=1S/C9H17N3/c1-7(2)4-9-11-6-8(12-9)5-10-3/h6-7,10H,4-5H2,1-3H3,(H,11,12). The topological polar surface area (TPSA) is 40.7 Å². The number of aromatic amines is 1. The minimum absolute atomic E-state index is 0.665. The Morgan fingerprint density at radius 1 is 1.58 bits per heavy atom. The van der Waals surface area contributed by atoms with E-state index in [1.54, 1.807) is 0 Å². The summed E-state index contributed by atoms with van der Waals surface area (Å²) in [5, 5.41) is 3.08. The molecule has 3 nitrogen and oxygen atoms in total. The zero-order valence-corrected chi connectivity index (χ0v) is 8.02. The van der Waals surface area contributed by atoms with Crippen molar-refractivity contribution >= 4 is 0 Å². The molecule has 0 aliphatic rings. The summed E-state index contributed by atoms with van der Waals surface area (Å²) >= 11 is 0. The fraction of sp³-hybridized carbons (Fsp3) is 0.667. The summed E-state index contributed by atoms with van der Waals surface area (Å²) in [5.41, 5.74) is 1.16. The van der Waals surface area contributed by atoms with E-state index in [9.17, 15) is 0 Å². The molecule has 1 rings (SSSR count). The molecular formula is C9H17N3. The van der Waals surface area contributed by atoms with Crippen molar-refractivity contribution in [3.05, 3.63) is 17.7 Å². The summed E-state index contributed by atoms with van der Waals surface area (Å²) in [6.45, 7) is 5.26. The normalized spacial score (nSPS) is 11.0. The van der Waals surface area contributed by atoms with Crippen molar-refractivity contribution in [3.8, 4) is 0 Å². The molecule has 0 saturated heterocycles. The maximum absolute atomic E-state index is 4.28. The molecule has 3 heteroatoms. The summed E-state index contributed by atoms with van der Waals surface area (Å²) in [5.74, 6) is 1.76. The maximum Gasteiger partial charge on any atom is 0.106 e. The van der Waals surface area contributed by atoms with Gasteiger partial charge in [-0.05, 0) is 13.0 Å². The van der Waals surface area contributed by atoms with Gasteiger partial charge in [0.25, 0.3) is 0 Å². The highest BCUT2D eigenvalue weighted by molar-refractivity contribution is 5.01. The van der Waals surface area contributed by atoms with Crippen LogP contribution in [0.4, 0.5) is 0 Å². The van der Waals surface area contributed by atoms with Crippen LogP contribution in [0.2, 0.25) is 0 Å². The highest BCUT2D eigenvalue weighted by atomic mass is 14.9. The lowest BCUT2D eigenvalue weighted by Gasteiger charge is -1.99. The Morgan fingerprint density at radius 3 is 2.92 bits per heavy atom. The molecule has 2 N–H and O–H groups in total. The van der Waals surface area contributed by atoms with Gasteiger partial charge in [0.15, 0.2) is 0 Å². The molecule has 0 spiro atoms. The zero-order chi connectivity index (χ0) is 8.97. The van der Waals surface area contributed by atoms with Gasteiger partial charge in [0.1, 0.15) is 5.82 Å². The third-order valence-corrected chi connectivity index (χ3v) is 1.65. The first kappa shape index (κ1) is 9.26. The maximum atomic E-state index is 4.28. The fourth-order valence-electron chi connectivity index (χ4n) is 1.18. The average Bonchev–Trinajstić information content (AvgIpc) is 2.36. The van der Waals surface area contributed by atoms with Crippen molar-refractivity contribution in [2.45, 2.75) is 26.8 Å². The van der Waals surface area contributed by atoms with Crippen LogP contribution >= 0.6 is 0 Å². The first-order valence-electron chi connectivity index (χ1n) is 4.39. The van der Waals surface area contributed by atoms with E-state index in [1.165, 1.54) is 0 Å². The molecule has 1 aromatic rings. The molecule has 0 bridgehead atoms. The van der Waals surface area contributed by atoms with Gasteiger partial charge in [0.2, 0.25) is 0 Å². The summed E-state index contributed by atoms with van der Waals surface area (Å²) in [6.07, 6.45) is 2.93. The second-order valence-electron chi connectivity index (χ2n) is 3.48. The predicted molar refractivity (Wildman–Crippen MR) is 49.9 cm³/mol. The SMILES string of the molecule is CNCc1cnc(CC(C)C)[nH]1. The van der Waals surface area contributed by atoms with Crippen LogP contribution in [0.5, 0.6) is 0 Å². The van der Waals surface area contributed by atoms with E-state index in [4.69, 9.17) is 0 Å². The molecular weight excluding hydrogens is 150 g/mol. The van der Waals surface area contributed by atoms with Gasteiger partial charge in [0.05, 0.1) is 0 Å². The fourth-order valence-corrected chi connectivity index (χ4v) is 1.18. The van der Waals surface area contributed by atoms with Crippen molar-refractivity contribution in [2.75, 3.05) is 7.05 Å². The predicted octanol–water partition coefficient (Wildman–Crippen LogP) is 1.33. The Labute approximate surface area is 73.6 Å². The minimum atomic E-state index is 0.665. The van der Waals surface area contributed by atoms with Gasteiger partial charge in [-0.25, -0.2) is 4.98 Å². The van der Waals surface area contributed by atoms with Crippen molar-refractivity contribution in [1.82, 2.24) is 15.3 Å². The summed E-state index contributed by atoms with van der Waals surface area (Å²) in [4.78, 5) is 7.55. The third-order valence-electron chi connectivity index (χ3n) is 1.65. The average molecular weight is 167 g/mol. The van der Waals surface area contributed by atoms with Gasteiger partial charge >= 0.3 is 0 Å². The molecule has 0 fully saturated rings. The molecule has 0 amide bonds. The van der Waals surface area contributed by atoms with Crippen LogP contribution in [0.25, 0.3) is 0 Å². The van der Waals surface area contributed by atoms with Crippen molar-refractivity contribution in [2.24, 2.45) is 5.92 Å². The molecule has 0 atom stereocenters. The van der Waals surface area contributed by atoms with E-state index in [-0.39, 0.29) is 0 Å². The van der Waals surface area contributed by atoms with Gasteiger partial charge < -0.3 is 10.3 Å². The summed E-state index contributed by atoms with van der Waals surface area (Å²) < 4.78 is 0. The quantitative estimate of drug-likeness (QED) is 0.710. The van der Waals surface area contributed by atoms with E-state index in [0.29, 0.717) is 5.92 Å². The Hall–Kier alpha value is -0.830. The minimum Gasteiger partial charge on any atom is -0.345 e. The summed E-state index contributed by atoms with van der Waals surface area (Å²) in [6, 6.07) is 0. The van der Waals surface area contributed by atoms with Gasteiger partial charge in [-0.3, -0.25) is 0 Å². The Bertz CT molecular complexity index is 227. The van der Waals surface area contributed by atoms with Crippen molar-refractivity contribution in [3.63, 3.8) is 0 Å². The molecule has 0 aliphatic carbocycles. The largest absolute Gasteiger partial charge is 0.345 e. The van der Waals surface area contributed by atoms with E-state index in [0.717, 1.165) is 24.5 Å². The van der Waals surface area contributed by atoms with Crippen LogP contribution in [0.3, 0.4) is 0 Å². The molecule has 0 aromatic carbocycles. The number of hydrogen-bond acceptors (Lipinski definition) is 2. The second kappa shape index (κ2) is 4.26. The lowest BCUT2D eigenvalue weighted by atomic mass is 10.1. The van der Waals surface area contributed by atoms with Crippen LogP contribution < -0.4 is 5.32 Å². The van der Waals surface area contributed by atoms with Gasteiger partial charge in [-0.15, -0.1) is 0 Å². The number of imidazole rings is 1. The Kier molecular flexibility index (Phi) is 3.29. The van der Waals surface area contributed by atoms with E-state index < -0.39 is 0 Å². The van der Waals surface area contributed by atoms with E-state index >= 15 is 0 Å². The number of hydrogen-bond donors (Lipinski definition) is 2. The van der Waals surface area contributed by atoms with Crippen LogP contribution in [0, 0.1) is 5.92 Å². The highest BCUT2D eigenvalue weighted by Gasteiger charge is 2.01. The molecule has 1 heterocycles. The first-order valence-corrected chi connectivity index (χ1v) is 4.39. The molecule has 0 aliphatic heterocycles. The lowest BCUT2D eigenvalue weighted by molar-refractivity contribution is 0.624. The third kappa shape index (κ3) is 2.66.